The molecule has 0 saturated carbocycles. The van der Waals surface area contributed by atoms with Crippen LogP contribution in [0.5, 0.6) is 0 Å². The highest BCUT2D eigenvalue weighted by atomic mass is 35.5. The number of rotatable bonds is 3. The van der Waals surface area contributed by atoms with Gasteiger partial charge in [0.2, 0.25) is 0 Å². The average molecular weight is 347 g/mol. The van der Waals surface area contributed by atoms with E-state index in [4.69, 9.17) is 11.6 Å². The molecule has 0 aliphatic heterocycles. The molecule has 3 aromatic rings. The van der Waals surface area contributed by atoms with Gasteiger partial charge in [-0.25, -0.2) is 9.78 Å². The fraction of sp³-hybridized carbons (Fsp3) is 0.0625. The summed E-state index contributed by atoms with van der Waals surface area (Å²) in [5.74, 6) is -0.243. The van der Waals surface area contributed by atoms with Gasteiger partial charge in [-0.1, -0.05) is 11.6 Å². The van der Waals surface area contributed by atoms with Gasteiger partial charge >= 0.3 is 5.97 Å². The minimum absolute atomic E-state index is 0.248. The molecule has 0 saturated heterocycles. The summed E-state index contributed by atoms with van der Waals surface area (Å²) in [5.41, 5.74) is 1.30. The topological polar surface area (TPSA) is 72.1 Å². The van der Waals surface area contributed by atoms with Crippen molar-refractivity contribution in [2.24, 2.45) is 0 Å². The predicted octanol–water partition coefficient (Wildman–Crippen LogP) is 3.51. The maximum absolute atomic E-state index is 12.2. The minimum Gasteiger partial charge on any atom is -0.465 e. The molecule has 0 atom stereocenters. The maximum Gasteiger partial charge on any atom is 0.337 e. The molecule has 1 aromatic carbocycles. The zero-order chi connectivity index (χ0) is 16.4. The Bertz CT molecular complexity index is 961. The van der Waals surface area contributed by atoms with Crippen molar-refractivity contribution in [1.29, 1.82) is 0 Å². The quantitative estimate of drug-likeness (QED) is 0.737. The van der Waals surface area contributed by atoms with E-state index in [2.05, 4.69) is 14.7 Å². The third kappa shape index (κ3) is 3.18. The lowest BCUT2D eigenvalue weighted by Crippen LogP contribution is -2.11. The highest BCUT2D eigenvalue weighted by molar-refractivity contribution is 7.08. The van der Waals surface area contributed by atoms with Gasteiger partial charge in [0.1, 0.15) is 0 Å². The molecular formula is C16H11ClN2O3S. The van der Waals surface area contributed by atoms with Crippen molar-refractivity contribution in [3.63, 3.8) is 0 Å². The summed E-state index contributed by atoms with van der Waals surface area (Å²) in [6, 6.07) is 6.47. The van der Waals surface area contributed by atoms with Crippen molar-refractivity contribution in [1.82, 2.24) is 9.97 Å². The molecule has 0 aliphatic carbocycles. The Morgan fingerprint density at radius 2 is 2.22 bits per heavy atom. The highest BCUT2D eigenvalue weighted by Crippen LogP contribution is 2.21. The molecule has 0 spiro atoms. The number of nitrogens with zero attached hydrogens (tertiary/aromatic N) is 1. The molecule has 5 nitrogen and oxygen atoms in total. The SMILES string of the molecule is COC(=O)c1ccc2c(=O)[nH]c(C(Cl)=Cc3ccsc3)nc2c1. The number of carbonyl (C=O) groups is 1. The summed E-state index contributed by atoms with van der Waals surface area (Å²) in [6.45, 7) is 0. The number of thiophene rings is 1. The summed E-state index contributed by atoms with van der Waals surface area (Å²) in [7, 11) is 1.30. The summed E-state index contributed by atoms with van der Waals surface area (Å²) in [5, 5.41) is 4.54. The number of aromatic amines is 1. The van der Waals surface area contributed by atoms with Gasteiger partial charge in [-0.2, -0.15) is 11.3 Å². The normalized spacial score (nSPS) is 11.7. The zero-order valence-electron chi connectivity index (χ0n) is 12.0. The number of benzene rings is 1. The van der Waals surface area contributed by atoms with E-state index in [0.717, 1.165) is 5.56 Å². The third-order valence-electron chi connectivity index (χ3n) is 3.19. The van der Waals surface area contributed by atoms with Crippen LogP contribution in [0.4, 0.5) is 0 Å². The van der Waals surface area contributed by atoms with Crippen LogP contribution in [0, 0.1) is 0 Å². The van der Waals surface area contributed by atoms with E-state index < -0.39 is 5.97 Å². The number of H-pyrrole nitrogens is 1. The molecule has 3 rings (SSSR count). The second kappa shape index (κ2) is 6.36. The minimum atomic E-state index is -0.490. The van der Waals surface area contributed by atoms with E-state index >= 15 is 0 Å². The number of fused-ring (bicyclic) bond motifs is 1. The van der Waals surface area contributed by atoms with Crippen LogP contribution >= 0.6 is 22.9 Å². The van der Waals surface area contributed by atoms with E-state index in [1.165, 1.54) is 25.3 Å². The van der Waals surface area contributed by atoms with E-state index in [0.29, 0.717) is 21.5 Å². The van der Waals surface area contributed by atoms with Crippen molar-refractivity contribution in [2.45, 2.75) is 0 Å². The van der Waals surface area contributed by atoms with E-state index in [-0.39, 0.29) is 11.4 Å². The number of methoxy groups -OCH3 is 1. The molecule has 0 fully saturated rings. The molecule has 116 valence electrons. The number of ether oxygens (including phenoxy) is 1. The number of halogens is 1. The first-order valence-electron chi connectivity index (χ1n) is 6.60. The Kier molecular flexibility index (Phi) is 4.27. The molecule has 2 aromatic heterocycles. The maximum atomic E-state index is 12.2. The molecule has 7 heteroatoms. The largest absolute Gasteiger partial charge is 0.465 e. The van der Waals surface area contributed by atoms with Crippen LogP contribution in [0.2, 0.25) is 0 Å². The number of esters is 1. The number of carbonyl (C=O) groups excluding carboxylic acids is 1. The number of hydrogen-bond acceptors (Lipinski definition) is 5. The standard InChI is InChI=1S/C16H11ClN2O3S/c1-22-16(21)10-2-3-11-13(7-10)18-14(19-15(11)20)12(17)6-9-4-5-23-8-9/h2-8H,1H3,(H,18,19,20). The van der Waals surface area contributed by atoms with E-state index in [1.807, 2.05) is 16.8 Å². The van der Waals surface area contributed by atoms with Crippen molar-refractivity contribution < 1.29 is 9.53 Å². The smallest absolute Gasteiger partial charge is 0.337 e. The second-order valence-electron chi connectivity index (χ2n) is 4.69. The number of aromatic nitrogens is 2. The van der Waals surface area contributed by atoms with E-state index in [1.54, 1.807) is 17.4 Å². The number of nitrogens with one attached hydrogen (secondary N) is 1. The Labute approximate surface area is 140 Å². The fourth-order valence-corrected chi connectivity index (χ4v) is 2.90. The monoisotopic (exact) mass is 346 g/mol. The van der Waals surface area contributed by atoms with Crippen LogP contribution in [0.3, 0.4) is 0 Å². The van der Waals surface area contributed by atoms with Gasteiger partial charge < -0.3 is 9.72 Å². The summed E-state index contributed by atoms with van der Waals surface area (Å²) < 4.78 is 4.67. The average Bonchev–Trinajstić information content (AvgIpc) is 3.06. The summed E-state index contributed by atoms with van der Waals surface area (Å²) in [4.78, 5) is 30.7. The fourth-order valence-electron chi connectivity index (χ4n) is 2.07. The van der Waals surface area contributed by atoms with Crippen LogP contribution in [-0.2, 0) is 4.74 Å². The first kappa shape index (κ1) is 15.5. The molecule has 1 N–H and O–H groups in total. The predicted molar refractivity (Wildman–Crippen MR) is 91.7 cm³/mol. The summed E-state index contributed by atoms with van der Waals surface area (Å²) >= 11 is 7.78. The number of hydrogen-bond donors (Lipinski definition) is 1. The molecule has 0 unspecified atom stereocenters. The second-order valence-corrected chi connectivity index (χ2v) is 5.87. The Morgan fingerprint density at radius 3 is 2.91 bits per heavy atom. The lowest BCUT2D eigenvalue weighted by molar-refractivity contribution is 0.0601. The highest BCUT2D eigenvalue weighted by Gasteiger charge is 2.11. The first-order chi connectivity index (χ1) is 11.1. The van der Waals surface area contributed by atoms with Gasteiger partial charge in [0.25, 0.3) is 5.56 Å². The van der Waals surface area contributed by atoms with Crippen molar-refractivity contribution in [3.8, 4) is 0 Å². The van der Waals surface area contributed by atoms with Gasteiger partial charge in [-0.05, 0) is 46.7 Å². The summed E-state index contributed by atoms with van der Waals surface area (Å²) in [6.07, 6.45) is 1.71. The molecule has 0 amide bonds. The lowest BCUT2D eigenvalue weighted by atomic mass is 10.1. The molecule has 0 aliphatic rings. The molecule has 0 bridgehead atoms. The van der Waals surface area contributed by atoms with Crippen molar-refractivity contribution in [2.75, 3.05) is 7.11 Å². The van der Waals surface area contributed by atoms with Gasteiger partial charge in [0, 0.05) is 0 Å². The van der Waals surface area contributed by atoms with Gasteiger partial charge in [0.15, 0.2) is 5.82 Å². The Morgan fingerprint density at radius 1 is 1.39 bits per heavy atom. The third-order valence-corrected chi connectivity index (χ3v) is 4.18. The first-order valence-corrected chi connectivity index (χ1v) is 7.93. The molecule has 0 radical (unpaired) electrons. The van der Waals surface area contributed by atoms with Crippen molar-refractivity contribution in [3.05, 3.63) is 62.3 Å². The van der Waals surface area contributed by atoms with Gasteiger partial charge in [-0.3, -0.25) is 4.79 Å². The van der Waals surface area contributed by atoms with Crippen LogP contribution in [-0.4, -0.2) is 23.0 Å². The van der Waals surface area contributed by atoms with E-state index in [9.17, 15) is 9.59 Å². The van der Waals surface area contributed by atoms with Crippen LogP contribution in [0.15, 0.2) is 39.8 Å². The van der Waals surface area contributed by atoms with Crippen molar-refractivity contribution >= 4 is 50.9 Å². The van der Waals surface area contributed by atoms with Crippen LogP contribution in [0.1, 0.15) is 21.7 Å². The van der Waals surface area contributed by atoms with Gasteiger partial charge in [0.05, 0.1) is 28.6 Å². The molecule has 2 heterocycles. The zero-order valence-corrected chi connectivity index (χ0v) is 13.6. The lowest BCUT2D eigenvalue weighted by Gasteiger charge is -2.04. The van der Waals surface area contributed by atoms with Gasteiger partial charge in [-0.15, -0.1) is 0 Å². The van der Waals surface area contributed by atoms with Crippen LogP contribution < -0.4 is 5.56 Å². The molecule has 23 heavy (non-hydrogen) atoms. The van der Waals surface area contributed by atoms with Crippen LogP contribution in [0.25, 0.3) is 22.0 Å². The Hall–Kier alpha value is -2.44. The molecular weight excluding hydrogens is 336 g/mol. The Balaban J connectivity index is 2.12.